The first kappa shape index (κ1) is 20.8. The zero-order chi connectivity index (χ0) is 19.5. The fraction of sp³-hybridized carbons (Fsp3) is 0.588. The molecule has 1 aliphatic heterocycles. The molecule has 0 spiro atoms. The van der Waals surface area contributed by atoms with Crippen molar-refractivity contribution in [2.24, 2.45) is 0 Å². The van der Waals surface area contributed by atoms with Crippen LogP contribution < -0.4 is 14.4 Å². The van der Waals surface area contributed by atoms with E-state index < -0.39 is 16.1 Å². The number of hydrogen-bond acceptors (Lipinski definition) is 5. The van der Waals surface area contributed by atoms with Crippen molar-refractivity contribution in [1.82, 2.24) is 10.2 Å². The molecule has 9 heteroatoms. The lowest BCUT2D eigenvalue weighted by atomic mass is 10.1. The molecule has 1 fully saturated rings. The van der Waals surface area contributed by atoms with Crippen molar-refractivity contribution in [2.45, 2.75) is 31.8 Å². The number of nitrogens with one attached hydrogen (secondary N) is 1. The third kappa shape index (κ3) is 5.02. The second-order valence-corrected chi connectivity index (χ2v) is 8.91. The van der Waals surface area contributed by atoms with E-state index in [1.165, 1.54) is 13.2 Å². The summed E-state index contributed by atoms with van der Waals surface area (Å²) in [4.78, 5) is 14.9. The molecule has 0 aromatic heterocycles. The number of carbonyl (C=O) groups is 1. The zero-order valence-electron chi connectivity index (χ0n) is 15.5. The third-order valence-corrected chi connectivity index (χ3v) is 6.08. The minimum Gasteiger partial charge on any atom is -0.495 e. The summed E-state index contributed by atoms with van der Waals surface area (Å²) in [7, 11) is -0.163. The van der Waals surface area contributed by atoms with Crippen molar-refractivity contribution in [3.8, 4) is 5.75 Å². The number of hydrogen-bond donors (Lipinski definition) is 1. The molecule has 0 aliphatic carbocycles. The highest BCUT2D eigenvalue weighted by Gasteiger charge is 2.31. The van der Waals surface area contributed by atoms with Gasteiger partial charge in [0, 0.05) is 6.04 Å². The molecule has 1 aromatic rings. The Bertz CT molecular complexity index is 748. The van der Waals surface area contributed by atoms with Crippen molar-refractivity contribution in [2.75, 3.05) is 37.8 Å². The number of rotatable bonds is 6. The molecule has 1 saturated heterocycles. The lowest BCUT2D eigenvalue weighted by Gasteiger charge is -2.33. The predicted molar refractivity (Wildman–Crippen MR) is 103 cm³/mol. The van der Waals surface area contributed by atoms with Gasteiger partial charge < -0.3 is 15.0 Å². The molecule has 0 bridgehead atoms. The maximum Gasteiger partial charge on any atom is 0.243 e. The van der Waals surface area contributed by atoms with E-state index in [4.69, 9.17) is 16.3 Å². The maximum absolute atomic E-state index is 12.7. The fourth-order valence-electron chi connectivity index (χ4n) is 3.08. The number of likely N-dealkylation sites (tertiary alicyclic amines) is 1. The van der Waals surface area contributed by atoms with E-state index in [9.17, 15) is 13.2 Å². The summed E-state index contributed by atoms with van der Waals surface area (Å²) in [6, 6.07) is 3.81. The Hall–Kier alpha value is -1.51. The molecule has 1 atom stereocenters. The smallest absolute Gasteiger partial charge is 0.243 e. The largest absolute Gasteiger partial charge is 0.495 e. The number of carbonyl (C=O) groups excluding carboxylic acids is 1. The molecule has 1 amide bonds. The SMILES string of the molecule is COc1ccc(N([C@@H](C)C(=O)NC2CCN(C)CC2)S(C)(=O)=O)cc1Cl. The van der Waals surface area contributed by atoms with Crippen LogP contribution in [0.4, 0.5) is 5.69 Å². The monoisotopic (exact) mass is 403 g/mol. The average molecular weight is 404 g/mol. The molecule has 0 radical (unpaired) electrons. The summed E-state index contributed by atoms with van der Waals surface area (Å²) in [6.45, 7) is 3.38. The molecule has 0 saturated carbocycles. The summed E-state index contributed by atoms with van der Waals surface area (Å²) in [6.07, 6.45) is 2.77. The first-order chi connectivity index (χ1) is 12.1. The van der Waals surface area contributed by atoms with Gasteiger partial charge in [0.05, 0.1) is 24.1 Å². The summed E-state index contributed by atoms with van der Waals surface area (Å²) >= 11 is 6.13. The molecule has 1 N–H and O–H groups in total. The van der Waals surface area contributed by atoms with E-state index in [2.05, 4.69) is 10.2 Å². The Morgan fingerprint density at radius 2 is 2.00 bits per heavy atom. The summed E-state index contributed by atoms with van der Waals surface area (Å²) < 4.78 is 30.9. The van der Waals surface area contributed by atoms with Crippen LogP contribution in [-0.2, 0) is 14.8 Å². The van der Waals surface area contributed by atoms with E-state index >= 15 is 0 Å². The van der Waals surface area contributed by atoms with Gasteiger partial charge in [0.1, 0.15) is 11.8 Å². The van der Waals surface area contributed by atoms with Crippen LogP contribution >= 0.6 is 11.6 Å². The number of halogens is 1. The Morgan fingerprint density at radius 1 is 1.38 bits per heavy atom. The van der Waals surface area contributed by atoms with Crippen LogP contribution in [0.15, 0.2) is 18.2 Å². The van der Waals surface area contributed by atoms with E-state index in [1.807, 2.05) is 7.05 Å². The second kappa shape index (κ2) is 8.45. The molecule has 1 aromatic carbocycles. The highest BCUT2D eigenvalue weighted by atomic mass is 35.5. The molecule has 26 heavy (non-hydrogen) atoms. The van der Waals surface area contributed by atoms with Gasteiger partial charge in [-0.1, -0.05) is 11.6 Å². The lowest BCUT2D eigenvalue weighted by Crippen LogP contribution is -2.52. The first-order valence-corrected chi connectivity index (χ1v) is 10.7. The third-order valence-electron chi connectivity index (χ3n) is 4.54. The molecule has 0 unspecified atom stereocenters. The van der Waals surface area contributed by atoms with Gasteiger partial charge in [0.15, 0.2) is 0 Å². The Balaban J connectivity index is 2.21. The van der Waals surface area contributed by atoms with Crippen molar-refractivity contribution in [1.29, 1.82) is 0 Å². The van der Waals surface area contributed by atoms with Crippen LogP contribution in [0.1, 0.15) is 19.8 Å². The lowest BCUT2D eigenvalue weighted by molar-refractivity contribution is -0.122. The van der Waals surface area contributed by atoms with Gasteiger partial charge >= 0.3 is 0 Å². The van der Waals surface area contributed by atoms with Crippen molar-refractivity contribution in [3.05, 3.63) is 23.2 Å². The molecule has 1 heterocycles. The number of piperidine rings is 1. The Labute approximate surface area is 160 Å². The normalized spacial score (nSPS) is 17.6. The fourth-order valence-corrected chi connectivity index (χ4v) is 4.49. The number of sulfonamides is 1. The van der Waals surface area contributed by atoms with Crippen LogP contribution in [0, 0.1) is 0 Å². The van der Waals surface area contributed by atoms with Crippen LogP contribution in [0.25, 0.3) is 0 Å². The van der Waals surface area contributed by atoms with Crippen molar-refractivity contribution < 1.29 is 17.9 Å². The summed E-state index contributed by atoms with van der Waals surface area (Å²) in [5.41, 5.74) is 0.323. The van der Waals surface area contributed by atoms with Crippen LogP contribution in [-0.4, -0.2) is 64.8 Å². The summed E-state index contributed by atoms with van der Waals surface area (Å²) in [5, 5.41) is 3.25. The van der Waals surface area contributed by atoms with Gasteiger partial charge in [0.25, 0.3) is 0 Å². The number of amides is 1. The van der Waals surface area contributed by atoms with Gasteiger partial charge in [-0.3, -0.25) is 9.10 Å². The quantitative estimate of drug-likeness (QED) is 0.782. The highest BCUT2D eigenvalue weighted by Crippen LogP contribution is 2.31. The molecular weight excluding hydrogens is 378 g/mol. The van der Waals surface area contributed by atoms with Gasteiger partial charge in [-0.25, -0.2) is 8.42 Å². The second-order valence-electron chi connectivity index (χ2n) is 6.64. The zero-order valence-corrected chi connectivity index (χ0v) is 17.1. The number of ether oxygens (including phenoxy) is 1. The topological polar surface area (TPSA) is 79.0 Å². The molecule has 2 rings (SSSR count). The number of nitrogens with zero attached hydrogens (tertiary/aromatic N) is 2. The minimum atomic E-state index is -3.68. The van der Waals surface area contributed by atoms with E-state index in [0.29, 0.717) is 11.4 Å². The Kier molecular flexibility index (Phi) is 6.76. The molecule has 146 valence electrons. The molecule has 1 aliphatic rings. The van der Waals surface area contributed by atoms with E-state index in [0.717, 1.165) is 36.5 Å². The van der Waals surface area contributed by atoms with Crippen molar-refractivity contribution >= 4 is 33.2 Å². The van der Waals surface area contributed by atoms with Gasteiger partial charge in [-0.2, -0.15) is 0 Å². The number of anilines is 1. The predicted octanol–water partition coefficient (Wildman–Crippen LogP) is 1.71. The maximum atomic E-state index is 12.7. The minimum absolute atomic E-state index is 0.0574. The number of methoxy groups -OCH3 is 1. The molecule has 7 nitrogen and oxygen atoms in total. The Morgan fingerprint density at radius 3 is 2.50 bits per heavy atom. The van der Waals surface area contributed by atoms with Crippen LogP contribution in [0.5, 0.6) is 5.75 Å². The average Bonchev–Trinajstić information content (AvgIpc) is 2.56. The standard InChI is InChI=1S/C17H26ClN3O4S/c1-12(17(22)19-13-7-9-20(2)10-8-13)21(26(4,23)24)14-5-6-16(25-3)15(18)11-14/h5-6,11-13H,7-10H2,1-4H3,(H,19,22)/t12-/m0/s1. The highest BCUT2D eigenvalue weighted by molar-refractivity contribution is 7.92. The van der Waals surface area contributed by atoms with Gasteiger partial charge in [-0.15, -0.1) is 0 Å². The van der Waals surface area contributed by atoms with Crippen molar-refractivity contribution in [3.63, 3.8) is 0 Å². The summed E-state index contributed by atoms with van der Waals surface area (Å²) in [5.74, 6) is 0.115. The number of benzene rings is 1. The van der Waals surface area contributed by atoms with E-state index in [-0.39, 0.29) is 17.0 Å². The van der Waals surface area contributed by atoms with E-state index in [1.54, 1.807) is 19.1 Å². The molecular formula is C17H26ClN3O4S. The van der Waals surface area contributed by atoms with Crippen LogP contribution in [0.2, 0.25) is 5.02 Å². The van der Waals surface area contributed by atoms with Crippen LogP contribution in [0.3, 0.4) is 0 Å². The first-order valence-electron chi connectivity index (χ1n) is 8.45. The van der Waals surface area contributed by atoms with Gasteiger partial charge in [0.2, 0.25) is 15.9 Å². The van der Waals surface area contributed by atoms with Gasteiger partial charge in [-0.05, 0) is 58.1 Å².